The number of hydrogen-bond donors (Lipinski definition) is 2. The van der Waals surface area contributed by atoms with Crippen molar-refractivity contribution in [3.05, 3.63) is 52.6 Å². The second-order valence-electron chi connectivity index (χ2n) is 7.79. The number of carbonyl (C=O) groups is 3. The van der Waals surface area contributed by atoms with Crippen molar-refractivity contribution in [3.63, 3.8) is 0 Å². The standard InChI is InChI=1S/C25H28N2O5S/c1-7-31-25(30)20-18-12-11-14(3)21(22(18)33-24(20)26-17(6)28)32-16(5)23(29)27-19-10-8-9-13(2)15(19)4/h8-12,16H,7H2,1-6H3,(H,26,28)(H,27,29)/t16-/m1/s1. The summed E-state index contributed by atoms with van der Waals surface area (Å²) in [4.78, 5) is 37.2. The molecule has 0 aliphatic heterocycles. The van der Waals surface area contributed by atoms with Crippen LogP contribution in [0.4, 0.5) is 10.7 Å². The number of benzene rings is 2. The Labute approximate surface area is 197 Å². The minimum atomic E-state index is -0.799. The Kier molecular flexibility index (Phi) is 7.38. The van der Waals surface area contributed by atoms with Crippen molar-refractivity contribution < 1.29 is 23.9 Å². The molecule has 174 valence electrons. The summed E-state index contributed by atoms with van der Waals surface area (Å²) in [5, 5.41) is 6.63. The maximum absolute atomic E-state index is 12.9. The number of amides is 2. The maximum atomic E-state index is 12.9. The Balaban J connectivity index is 1.97. The molecule has 1 aromatic heterocycles. The van der Waals surface area contributed by atoms with Crippen molar-refractivity contribution in [1.82, 2.24) is 0 Å². The summed E-state index contributed by atoms with van der Waals surface area (Å²) in [6, 6.07) is 9.34. The highest BCUT2D eigenvalue weighted by atomic mass is 32.1. The molecule has 1 heterocycles. The number of fused-ring (bicyclic) bond motifs is 1. The highest BCUT2D eigenvalue weighted by molar-refractivity contribution is 7.24. The molecule has 0 saturated heterocycles. The van der Waals surface area contributed by atoms with Crippen LogP contribution in [0.2, 0.25) is 0 Å². The number of esters is 1. The first-order chi connectivity index (χ1) is 15.6. The second-order valence-corrected chi connectivity index (χ2v) is 8.81. The van der Waals surface area contributed by atoms with Gasteiger partial charge in [-0.1, -0.05) is 24.3 Å². The number of thiophene rings is 1. The Bertz CT molecular complexity index is 1230. The van der Waals surface area contributed by atoms with E-state index in [2.05, 4.69) is 10.6 Å². The maximum Gasteiger partial charge on any atom is 0.341 e. The first kappa shape index (κ1) is 24.3. The second kappa shape index (κ2) is 10.0. The van der Waals surface area contributed by atoms with Gasteiger partial charge in [0.1, 0.15) is 16.3 Å². The summed E-state index contributed by atoms with van der Waals surface area (Å²) in [5.41, 5.74) is 3.90. The number of aryl methyl sites for hydroxylation is 2. The van der Waals surface area contributed by atoms with Crippen molar-refractivity contribution in [3.8, 4) is 5.75 Å². The first-order valence-corrected chi connectivity index (χ1v) is 11.5. The zero-order chi connectivity index (χ0) is 24.3. The lowest BCUT2D eigenvalue weighted by atomic mass is 10.1. The molecule has 0 bridgehead atoms. The van der Waals surface area contributed by atoms with Gasteiger partial charge in [0.05, 0.1) is 11.3 Å². The zero-order valence-corrected chi connectivity index (χ0v) is 20.4. The summed E-state index contributed by atoms with van der Waals surface area (Å²) in [5.74, 6) is -0.622. The molecule has 0 aliphatic carbocycles. The SMILES string of the molecule is CCOC(=O)c1c(NC(C)=O)sc2c(O[C@H](C)C(=O)Nc3cccc(C)c3C)c(C)ccc12. The highest BCUT2D eigenvalue weighted by Crippen LogP contribution is 2.43. The fourth-order valence-electron chi connectivity index (χ4n) is 3.39. The largest absolute Gasteiger partial charge is 0.479 e. The van der Waals surface area contributed by atoms with Gasteiger partial charge in [-0.15, -0.1) is 11.3 Å². The molecule has 0 spiro atoms. The van der Waals surface area contributed by atoms with E-state index in [1.165, 1.54) is 18.3 Å². The number of ether oxygens (including phenoxy) is 2. The van der Waals surface area contributed by atoms with Crippen LogP contribution in [0.15, 0.2) is 30.3 Å². The van der Waals surface area contributed by atoms with E-state index in [1.54, 1.807) is 19.9 Å². The smallest absolute Gasteiger partial charge is 0.341 e. The summed E-state index contributed by atoms with van der Waals surface area (Å²) in [7, 11) is 0. The fourth-order valence-corrected chi connectivity index (χ4v) is 4.66. The Morgan fingerprint density at radius 2 is 1.76 bits per heavy atom. The van der Waals surface area contributed by atoms with Crippen LogP contribution in [0.3, 0.4) is 0 Å². The predicted molar refractivity (Wildman–Crippen MR) is 131 cm³/mol. The minimum absolute atomic E-state index is 0.209. The van der Waals surface area contributed by atoms with E-state index < -0.39 is 12.1 Å². The molecule has 0 unspecified atom stereocenters. The number of hydrogen-bond acceptors (Lipinski definition) is 6. The minimum Gasteiger partial charge on any atom is -0.479 e. The molecular weight excluding hydrogens is 440 g/mol. The van der Waals surface area contributed by atoms with Gasteiger partial charge in [0.15, 0.2) is 6.10 Å². The molecule has 33 heavy (non-hydrogen) atoms. The van der Waals surface area contributed by atoms with E-state index in [0.717, 1.165) is 22.4 Å². The summed E-state index contributed by atoms with van der Waals surface area (Å²) in [6.07, 6.45) is -0.799. The van der Waals surface area contributed by atoms with Gasteiger partial charge in [-0.05, 0) is 57.4 Å². The van der Waals surface area contributed by atoms with Gasteiger partial charge in [-0.2, -0.15) is 0 Å². The number of carbonyl (C=O) groups excluding carboxylic acids is 3. The summed E-state index contributed by atoms with van der Waals surface area (Å²) >= 11 is 1.22. The zero-order valence-electron chi connectivity index (χ0n) is 19.6. The Morgan fingerprint density at radius 3 is 2.42 bits per heavy atom. The molecular formula is C25H28N2O5S. The summed E-state index contributed by atoms with van der Waals surface area (Å²) < 4.78 is 12.0. The van der Waals surface area contributed by atoms with Crippen molar-refractivity contribution in [2.45, 2.75) is 47.6 Å². The molecule has 3 rings (SSSR count). The monoisotopic (exact) mass is 468 g/mol. The molecule has 0 saturated carbocycles. The van der Waals surface area contributed by atoms with Gasteiger partial charge in [-0.25, -0.2) is 4.79 Å². The van der Waals surface area contributed by atoms with Crippen molar-refractivity contribution in [2.24, 2.45) is 0 Å². The van der Waals surface area contributed by atoms with Crippen LogP contribution >= 0.6 is 11.3 Å². The Hall–Kier alpha value is -3.39. The molecule has 1 atom stereocenters. The molecule has 3 aromatic rings. The first-order valence-electron chi connectivity index (χ1n) is 10.7. The third-order valence-electron chi connectivity index (χ3n) is 5.31. The third kappa shape index (κ3) is 5.17. The van der Waals surface area contributed by atoms with E-state index in [-0.39, 0.29) is 24.0 Å². The van der Waals surface area contributed by atoms with Crippen LogP contribution in [-0.4, -0.2) is 30.5 Å². The quantitative estimate of drug-likeness (QED) is 0.455. The molecule has 0 radical (unpaired) electrons. The predicted octanol–water partition coefficient (Wildman–Crippen LogP) is 5.37. The van der Waals surface area contributed by atoms with Crippen molar-refractivity contribution in [1.29, 1.82) is 0 Å². The lowest BCUT2D eigenvalue weighted by Gasteiger charge is -2.18. The third-order valence-corrected chi connectivity index (χ3v) is 6.42. The molecule has 7 nitrogen and oxygen atoms in total. The van der Waals surface area contributed by atoms with Crippen LogP contribution in [-0.2, 0) is 14.3 Å². The molecule has 2 amide bonds. The van der Waals surface area contributed by atoms with E-state index in [0.29, 0.717) is 20.8 Å². The fraction of sp³-hybridized carbons (Fsp3) is 0.320. The van der Waals surface area contributed by atoms with Crippen LogP contribution in [0, 0.1) is 20.8 Å². The van der Waals surface area contributed by atoms with Crippen molar-refractivity contribution >= 4 is 49.9 Å². The topological polar surface area (TPSA) is 93.7 Å². The lowest BCUT2D eigenvalue weighted by Crippen LogP contribution is -2.30. The molecule has 8 heteroatoms. The number of rotatable bonds is 7. The van der Waals surface area contributed by atoms with Crippen LogP contribution in [0.1, 0.15) is 47.8 Å². The lowest BCUT2D eigenvalue weighted by molar-refractivity contribution is -0.122. The van der Waals surface area contributed by atoms with E-state index in [9.17, 15) is 14.4 Å². The molecule has 0 fully saturated rings. The van der Waals surface area contributed by atoms with Gasteiger partial charge in [-0.3, -0.25) is 9.59 Å². The van der Waals surface area contributed by atoms with Gasteiger partial charge >= 0.3 is 5.97 Å². The molecule has 2 aromatic carbocycles. The van der Waals surface area contributed by atoms with Gasteiger partial charge in [0.25, 0.3) is 5.91 Å². The van der Waals surface area contributed by atoms with Gasteiger partial charge in [0.2, 0.25) is 5.91 Å². The van der Waals surface area contributed by atoms with Crippen LogP contribution in [0.5, 0.6) is 5.75 Å². The molecule has 0 aliphatic rings. The number of nitrogens with one attached hydrogen (secondary N) is 2. The van der Waals surface area contributed by atoms with Gasteiger partial charge < -0.3 is 20.1 Å². The van der Waals surface area contributed by atoms with Gasteiger partial charge in [0, 0.05) is 18.0 Å². The Morgan fingerprint density at radius 1 is 1.03 bits per heavy atom. The van der Waals surface area contributed by atoms with E-state index in [4.69, 9.17) is 9.47 Å². The highest BCUT2D eigenvalue weighted by Gasteiger charge is 2.25. The summed E-state index contributed by atoms with van der Waals surface area (Å²) in [6.45, 7) is 10.8. The van der Waals surface area contributed by atoms with Crippen LogP contribution in [0.25, 0.3) is 10.1 Å². The number of anilines is 2. The molecule has 2 N–H and O–H groups in total. The van der Waals surface area contributed by atoms with Crippen LogP contribution < -0.4 is 15.4 Å². The van der Waals surface area contributed by atoms with Crippen molar-refractivity contribution in [2.75, 3.05) is 17.2 Å². The van der Waals surface area contributed by atoms with E-state index >= 15 is 0 Å². The average Bonchev–Trinajstić information content (AvgIpc) is 3.11. The average molecular weight is 469 g/mol. The van der Waals surface area contributed by atoms with E-state index in [1.807, 2.05) is 45.0 Å². The normalized spacial score (nSPS) is 11.7.